The second kappa shape index (κ2) is 5.87. The Morgan fingerprint density at radius 3 is 2.33 bits per heavy atom. The topological polar surface area (TPSA) is 0 Å². The van der Waals surface area contributed by atoms with Crippen LogP contribution in [-0.4, -0.2) is 0 Å². The molecule has 0 aromatic heterocycles. The van der Waals surface area contributed by atoms with E-state index in [0.29, 0.717) is 0 Å². The van der Waals surface area contributed by atoms with Crippen molar-refractivity contribution >= 4 is 0 Å². The maximum atomic E-state index is 2.33. The van der Waals surface area contributed by atoms with Crippen molar-refractivity contribution in [3.63, 3.8) is 0 Å². The van der Waals surface area contributed by atoms with E-state index < -0.39 is 0 Å². The average molecular weight is 126 g/mol. The molecular formula is C9H18. The Bertz CT molecular complexity index is 72.1. The largest absolute Gasteiger partial charge is 0.0882 e. The first-order valence-electron chi connectivity index (χ1n) is 4.10. The quantitative estimate of drug-likeness (QED) is 0.472. The zero-order valence-corrected chi connectivity index (χ0v) is 6.85. The summed E-state index contributed by atoms with van der Waals surface area (Å²) in [5.41, 5.74) is 0. The molecule has 9 heavy (non-hydrogen) atoms. The molecule has 0 saturated heterocycles. The lowest BCUT2D eigenvalue weighted by Gasteiger charge is -1.97. The van der Waals surface area contributed by atoms with E-state index in [1.54, 1.807) is 0 Å². The lowest BCUT2D eigenvalue weighted by atomic mass is 10.1. The van der Waals surface area contributed by atoms with Crippen LogP contribution in [0.25, 0.3) is 0 Å². The van der Waals surface area contributed by atoms with Gasteiger partial charge in [-0.15, -0.1) is 0 Å². The molecule has 0 aliphatic heterocycles. The molecule has 54 valence electrons. The van der Waals surface area contributed by atoms with Crippen LogP contribution in [0.4, 0.5) is 0 Å². The predicted octanol–water partition coefficient (Wildman–Crippen LogP) is 3.39. The Labute approximate surface area is 59.0 Å². The minimum absolute atomic E-state index is 0.917. The summed E-state index contributed by atoms with van der Waals surface area (Å²) in [5.74, 6) is 0.917. The minimum atomic E-state index is 0.917. The third kappa shape index (κ3) is 3.34. The summed E-state index contributed by atoms with van der Waals surface area (Å²) < 4.78 is 0. The molecule has 0 aromatic rings. The first-order valence-corrected chi connectivity index (χ1v) is 4.10. The van der Waals surface area contributed by atoms with Crippen LogP contribution in [0.15, 0.2) is 12.2 Å². The van der Waals surface area contributed by atoms with Crippen molar-refractivity contribution < 1.29 is 0 Å². The smallest absolute Gasteiger partial charge is 0.0233 e. The van der Waals surface area contributed by atoms with Gasteiger partial charge in [-0.3, -0.25) is 0 Å². The van der Waals surface area contributed by atoms with Crippen LogP contribution in [0.5, 0.6) is 0 Å². The number of allylic oxidation sites excluding steroid dienone is 2. The summed E-state index contributed by atoms with van der Waals surface area (Å²) in [6.07, 6.45) is 8.67. The molecule has 0 spiro atoms. The standard InChI is InChI=1S/C7H12.C2H6/c1-2-7-5-3-4-6-7;1-2/h3,5,7H,2,4,6H2,1H3;1-2H3. The first kappa shape index (κ1) is 8.74. The second-order valence-electron chi connectivity index (χ2n) is 2.17. The van der Waals surface area contributed by atoms with Gasteiger partial charge in [0.05, 0.1) is 0 Å². The van der Waals surface area contributed by atoms with Crippen molar-refractivity contribution in [2.75, 3.05) is 0 Å². The fourth-order valence-corrected chi connectivity index (χ4v) is 1.04. The normalized spacial score (nSPS) is 23.2. The number of hydrogen-bond acceptors (Lipinski definition) is 0. The molecule has 0 heterocycles. The van der Waals surface area contributed by atoms with E-state index in [9.17, 15) is 0 Å². The lowest BCUT2D eigenvalue weighted by molar-refractivity contribution is 0.612. The van der Waals surface area contributed by atoms with Crippen LogP contribution in [-0.2, 0) is 0 Å². The molecule has 0 radical (unpaired) electrons. The van der Waals surface area contributed by atoms with Gasteiger partial charge in [0.25, 0.3) is 0 Å². The molecule has 1 aliphatic carbocycles. The van der Waals surface area contributed by atoms with Crippen molar-refractivity contribution in [3.05, 3.63) is 12.2 Å². The van der Waals surface area contributed by atoms with Crippen LogP contribution in [0, 0.1) is 5.92 Å². The summed E-state index contributed by atoms with van der Waals surface area (Å²) in [4.78, 5) is 0. The van der Waals surface area contributed by atoms with E-state index in [-0.39, 0.29) is 0 Å². The molecule has 0 N–H and O–H groups in total. The molecule has 0 saturated carbocycles. The molecule has 0 heteroatoms. The van der Waals surface area contributed by atoms with Crippen molar-refractivity contribution in [1.29, 1.82) is 0 Å². The van der Waals surface area contributed by atoms with Gasteiger partial charge < -0.3 is 0 Å². The van der Waals surface area contributed by atoms with Crippen molar-refractivity contribution in [3.8, 4) is 0 Å². The highest BCUT2D eigenvalue weighted by atomic mass is 14.1. The fourth-order valence-electron chi connectivity index (χ4n) is 1.04. The third-order valence-corrected chi connectivity index (χ3v) is 1.64. The first-order chi connectivity index (χ1) is 4.43. The molecule has 0 fully saturated rings. The maximum absolute atomic E-state index is 2.33. The third-order valence-electron chi connectivity index (χ3n) is 1.64. The molecular weight excluding hydrogens is 108 g/mol. The summed E-state index contributed by atoms with van der Waals surface area (Å²) in [5, 5.41) is 0. The van der Waals surface area contributed by atoms with Gasteiger partial charge in [-0.1, -0.05) is 32.9 Å². The van der Waals surface area contributed by atoms with E-state index in [1.165, 1.54) is 19.3 Å². The SMILES string of the molecule is CC.CCC1C=CCC1. The Kier molecular flexibility index (Phi) is 5.70. The van der Waals surface area contributed by atoms with E-state index in [4.69, 9.17) is 0 Å². The summed E-state index contributed by atoms with van der Waals surface area (Å²) >= 11 is 0. The zero-order chi connectivity index (χ0) is 7.11. The monoisotopic (exact) mass is 126 g/mol. The van der Waals surface area contributed by atoms with E-state index in [1.807, 2.05) is 13.8 Å². The highest BCUT2D eigenvalue weighted by Crippen LogP contribution is 2.18. The zero-order valence-electron chi connectivity index (χ0n) is 6.85. The summed E-state index contributed by atoms with van der Waals surface area (Å²) in [7, 11) is 0. The second-order valence-corrected chi connectivity index (χ2v) is 2.17. The van der Waals surface area contributed by atoms with Gasteiger partial charge in [-0.05, 0) is 25.2 Å². The van der Waals surface area contributed by atoms with Crippen molar-refractivity contribution in [2.45, 2.75) is 40.0 Å². The van der Waals surface area contributed by atoms with Crippen molar-refractivity contribution in [2.24, 2.45) is 5.92 Å². The van der Waals surface area contributed by atoms with E-state index in [0.717, 1.165) is 5.92 Å². The van der Waals surface area contributed by atoms with E-state index in [2.05, 4.69) is 19.1 Å². The summed E-state index contributed by atoms with van der Waals surface area (Å²) in [6.45, 7) is 6.25. The highest BCUT2D eigenvalue weighted by Gasteiger charge is 2.03. The fraction of sp³-hybridized carbons (Fsp3) is 0.778. The predicted molar refractivity (Wildman–Crippen MR) is 43.5 cm³/mol. The Balaban J connectivity index is 0.000000291. The summed E-state index contributed by atoms with van der Waals surface area (Å²) in [6, 6.07) is 0. The van der Waals surface area contributed by atoms with Crippen LogP contribution >= 0.6 is 0 Å². The average Bonchev–Trinajstić information content (AvgIpc) is 2.43. The maximum Gasteiger partial charge on any atom is -0.0233 e. The molecule has 1 aliphatic rings. The molecule has 0 amide bonds. The Morgan fingerprint density at radius 1 is 1.44 bits per heavy atom. The van der Waals surface area contributed by atoms with Gasteiger partial charge in [0, 0.05) is 0 Å². The minimum Gasteiger partial charge on any atom is -0.0882 e. The molecule has 0 nitrogen and oxygen atoms in total. The van der Waals surface area contributed by atoms with Crippen LogP contribution in [0.2, 0.25) is 0 Å². The van der Waals surface area contributed by atoms with Crippen LogP contribution in [0.1, 0.15) is 40.0 Å². The van der Waals surface area contributed by atoms with E-state index >= 15 is 0 Å². The van der Waals surface area contributed by atoms with Crippen LogP contribution < -0.4 is 0 Å². The van der Waals surface area contributed by atoms with Gasteiger partial charge in [0.2, 0.25) is 0 Å². The van der Waals surface area contributed by atoms with Crippen molar-refractivity contribution in [1.82, 2.24) is 0 Å². The number of rotatable bonds is 1. The van der Waals surface area contributed by atoms with Crippen LogP contribution in [0.3, 0.4) is 0 Å². The molecule has 1 unspecified atom stereocenters. The Hall–Kier alpha value is -0.260. The molecule has 0 aromatic carbocycles. The highest BCUT2D eigenvalue weighted by molar-refractivity contribution is 4.95. The number of hydrogen-bond donors (Lipinski definition) is 0. The van der Waals surface area contributed by atoms with Gasteiger partial charge in [-0.25, -0.2) is 0 Å². The van der Waals surface area contributed by atoms with Gasteiger partial charge in [-0.2, -0.15) is 0 Å². The molecule has 1 atom stereocenters. The van der Waals surface area contributed by atoms with Gasteiger partial charge in [0.1, 0.15) is 0 Å². The Morgan fingerprint density at radius 2 is 2.11 bits per heavy atom. The molecule has 0 bridgehead atoms. The van der Waals surface area contributed by atoms with Gasteiger partial charge >= 0.3 is 0 Å². The van der Waals surface area contributed by atoms with Gasteiger partial charge in [0.15, 0.2) is 0 Å². The molecule has 1 rings (SSSR count). The lowest BCUT2D eigenvalue weighted by Crippen LogP contribution is -1.84.